The standard InChI is InChI=1S/C25H24N4O4S2/c26-35(32,33)19-12-10-16(11-13-19)14-20-22(17-6-2-1-3-7-17)28-29(23(20)18-8-4-5-9-18)25-27-21(15-34-25)24(30)31/h1-3,6-7,10-13,15,18H,4-5,8-9,14H2,(H,30,31)(H2,26,32,33). The van der Waals surface area contributed by atoms with E-state index in [0.717, 1.165) is 53.8 Å². The van der Waals surface area contributed by atoms with E-state index in [1.54, 1.807) is 12.1 Å². The Morgan fingerprint density at radius 2 is 1.77 bits per heavy atom. The van der Waals surface area contributed by atoms with Crippen LogP contribution in [0.5, 0.6) is 0 Å². The topological polar surface area (TPSA) is 128 Å². The first-order valence-corrected chi connectivity index (χ1v) is 13.7. The molecule has 35 heavy (non-hydrogen) atoms. The molecule has 5 rings (SSSR count). The average Bonchev–Trinajstić information content (AvgIpc) is 3.59. The lowest BCUT2D eigenvalue weighted by Crippen LogP contribution is -2.12. The highest BCUT2D eigenvalue weighted by Crippen LogP contribution is 2.41. The molecule has 0 unspecified atom stereocenters. The van der Waals surface area contributed by atoms with Crippen LogP contribution in [0.15, 0.2) is 64.9 Å². The van der Waals surface area contributed by atoms with Gasteiger partial charge in [0.25, 0.3) is 0 Å². The van der Waals surface area contributed by atoms with Crippen LogP contribution >= 0.6 is 11.3 Å². The molecule has 0 radical (unpaired) electrons. The largest absolute Gasteiger partial charge is 0.476 e. The molecule has 0 saturated heterocycles. The monoisotopic (exact) mass is 508 g/mol. The maximum absolute atomic E-state index is 11.7. The summed E-state index contributed by atoms with van der Waals surface area (Å²) in [5, 5.41) is 21.7. The summed E-state index contributed by atoms with van der Waals surface area (Å²) in [6, 6.07) is 16.5. The van der Waals surface area contributed by atoms with E-state index in [9.17, 15) is 18.3 Å². The predicted molar refractivity (Wildman–Crippen MR) is 133 cm³/mol. The number of nitrogens with zero attached hydrogens (tertiary/aromatic N) is 3. The van der Waals surface area contributed by atoms with Gasteiger partial charge in [-0.2, -0.15) is 5.10 Å². The van der Waals surface area contributed by atoms with Crippen LogP contribution in [0.4, 0.5) is 0 Å². The molecule has 0 bridgehead atoms. The molecular formula is C25H24N4O4S2. The molecule has 2 heterocycles. The van der Waals surface area contributed by atoms with Crippen LogP contribution < -0.4 is 5.14 Å². The second-order valence-corrected chi connectivity index (χ2v) is 11.1. The number of sulfonamides is 1. The molecule has 0 atom stereocenters. The van der Waals surface area contributed by atoms with Gasteiger partial charge < -0.3 is 5.11 Å². The Morgan fingerprint density at radius 1 is 1.09 bits per heavy atom. The minimum absolute atomic E-state index is 0.000680. The fourth-order valence-corrected chi connectivity index (χ4v) is 5.97. The number of rotatable bonds is 7. The molecule has 1 saturated carbocycles. The number of nitrogens with two attached hydrogens (primary N) is 1. The Bertz CT molecular complexity index is 1470. The number of thiazole rings is 1. The van der Waals surface area contributed by atoms with Gasteiger partial charge in [0.1, 0.15) is 0 Å². The van der Waals surface area contributed by atoms with Gasteiger partial charge >= 0.3 is 5.97 Å². The first kappa shape index (κ1) is 23.4. The highest BCUT2D eigenvalue weighted by atomic mass is 32.2. The summed E-state index contributed by atoms with van der Waals surface area (Å²) in [6.45, 7) is 0. The minimum atomic E-state index is -3.77. The van der Waals surface area contributed by atoms with Gasteiger partial charge in [0.2, 0.25) is 15.2 Å². The lowest BCUT2D eigenvalue weighted by molar-refractivity contribution is 0.0691. The number of aromatic carboxylic acids is 1. The number of carboxylic acid groups (broad SMARTS) is 1. The van der Waals surface area contributed by atoms with E-state index in [4.69, 9.17) is 10.2 Å². The van der Waals surface area contributed by atoms with Crippen LogP contribution in [0.3, 0.4) is 0 Å². The molecule has 8 nitrogen and oxygen atoms in total. The van der Waals surface area contributed by atoms with Gasteiger partial charge in [-0.25, -0.2) is 28.0 Å². The zero-order valence-electron chi connectivity index (χ0n) is 18.8. The van der Waals surface area contributed by atoms with Gasteiger partial charge in [-0.05, 0) is 30.5 Å². The number of hydrogen-bond donors (Lipinski definition) is 2. The molecule has 1 aliphatic rings. The first-order chi connectivity index (χ1) is 16.8. The second-order valence-electron chi connectivity index (χ2n) is 8.66. The van der Waals surface area contributed by atoms with Crippen LogP contribution in [-0.2, 0) is 16.4 Å². The lowest BCUT2D eigenvalue weighted by atomic mass is 9.92. The first-order valence-electron chi connectivity index (χ1n) is 11.3. The zero-order valence-corrected chi connectivity index (χ0v) is 20.4. The Kier molecular flexibility index (Phi) is 6.26. The Hall–Kier alpha value is -3.34. The van der Waals surface area contributed by atoms with E-state index in [-0.39, 0.29) is 16.5 Å². The van der Waals surface area contributed by atoms with Crippen molar-refractivity contribution in [2.45, 2.75) is 42.9 Å². The van der Waals surface area contributed by atoms with E-state index >= 15 is 0 Å². The fourth-order valence-electron chi connectivity index (χ4n) is 4.69. The van der Waals surface area contributed by atoms with E-state index in [1.165, 1.54) is 28.8 Å². The number of primary sulfonamides is 1. The highest BCUT2D eigenvalue weighted by Gasteiger charge is 2.30. The van der Waals surface area contributed by atoms with E-state index < -0.39 is 16.0 Å². The van der Waals surface area contributed by atoms with E-state index in [2.05, 4.69) is 4.98 Å². The zero-order chi connectivity index (χ0) is 24.6. The normalized spacial score (nSPS) is 14.4. The maximum atomic E-state index is 11.7. The summed E-state index contributed by atoms with van der Waals surface area (Å²) in [5.41, 5.74) is 4.78. The summed E-state index contributed by atoms with van der Waals surface area (Å²) >= 11 is 1.26. The van der Waals surface area contributed by atoms with Crippen molar-refractivity contribution < 1.29 is 18.3 Å². The molecule has 1 fully saturated rings. The number of carboxylic acids is 1. The molecule has 10 heteroatoms. The molecular weight excluding hydrogens is 484 g/mol. The number of carbonyl (C=O) groups is 1. The lowest BCUT2D eigenvalue weighted by Gasteiger charge is -2.15. The van der Waals surface area contributed by atoms with Gasteiger partial charge in [0, 0.05) is 28.8 Å². The summed E-state index contributed by atoms with van der Waals surface area (Å²) in [5.74, 6) is -0.795. The van der Waals surface area contributed by atoms with Gasteiger partial charge in [0.05, 0.1) is 16.3 Å². The third-order valence-electron chi connectivity index (χ3n) is 6.34. The van der Waals surface area contributed by atoms with Crippen molar-refractivity contribution in [3.8, 4) is 16.4 Å². The third kappa shape index (κ3) is 4.77. The molecule has 2 aromatic heterocycles. The van der Waals surface area contributed by atoms with Crippen LogP contribution in [0, 0.1) is 0 Å². The smallest absolute Gasteiger partial charge is 0.355 e. The Labute approximate surface area is 207 Å². The molecule has 2 aromatic carbocycles. The van der Waals surface area contributed by atoms with Crippen molar-refractivity contribution >= 4 is 27.3 Å². The SMILES string of the molecule is NS(=O)(=O)c1ccc(Cc2c(-c3ccccc3)nn(-c3nc(C(=O)O)cs3)c2C2CCCC2)cc1. The number of aromatic nitrogens is 3. The molecule has 0 spiro atoms. The highest BCUT2D eigenvalue weighted by molar-refractivity contribution is 7.89. The number of benzene rings is 2. The van der Waals surface area contributed by atoms with Gasteiger partial charge in [-0.15, -0.1) is 11.3 Å². The molecule has 180 valence electrons. The van der Waals surface area contributed by atoms with Crippen molar-refractivity contribution in [3.63, 3.8) is 0 Å². The Balaban J connectivity index is 1.68. The van der Waals surface area contributed by atoms with Crippen molar-refractivity contribution in [2.75, 3.05) is 0 Å². The van der Waals surface area contributed by atoms with Crippen LogP contribution in [0.25, 0.3) is 16.4 Å². The average molecular weight is 509 g/mol. The molecule has 3 N–H and O–H groups in total. The quantitative estimate of drug-likeness (QED) is 0.376. The van der Waals surface area contributed by atoms with Gasteiger partial charge in [0.15, 0.2) is 5.69 Å². The van der Waals surface area contributed by atoms with Crippen molar-refractivity contribution in [3.05, 3.63) is 82.5 Å². The predicted octanol–water partition coefficient (Wildman–Crippen LogP) is 4.59. The molecule has 1 aliphatic carbocycles. The fraction of sp³-hybridized carbons (Fsp3) is 0.240. The summed E-state index contributed by atoms with van der Waals surface area (Å²) < 4.78 is 25.2. The van der Waals surface area contributed by atoms with Crippen LogP contribution in [0.2, 0.25) is 0 Å². The summed E-state index contributed by atoms with van der Waals surface area (Å²) in [7, 11) is -3.77. The minimum Gasteiger partial charge on any atom is -0.476 e. The van der Waals surface area contributed by atoms with E-state index in [0.29, 0.717) is 11.6 Å². The second kappa shape index (κ2) is 9.37. The van der Waals surface area contributed by atoms with Crippen molar-refractivity contribution in [2.24, 2.45) is 5.14 Å². The molecule has 0 aliphatic heterocycles. The van der Waals surface area contributed by atoms with Crippen LogP contribution in [0.1, 0.15) is 58.9 Å². The molecule has 0 amide bonds. The third-order valence-corrected chi connectivity index (χ3v) is 8.08. The number of hydrogen-bond acceptors (Lipinski definition) is 6. The summed E-state index contributed by atoms with van der Waals surface area (Å²) in [4.78, 5) is 15.9. The van der Waals surface area contributed by atoms with Crippen LogP contribution in [-0.4, -0.2) is 34.3 Å². The van der Waals surface area contributed by atoms with Gasteiger partial charge in [-0.3, -0.25) is 0 Å². The van der Waals surface area contributed by atoms with Gasteiger partial charge in [-0.1, -0.05) is 55.3 Å². The van der Waals surface area contributed by atoms with E-state index in [1.807, 2.05) is 35.0 Å². The Morgan fingerprint density at radius 3 is 2.37 bits per heavy atom. The van der Waals surface area contributed by atoms with Crippen molar-refractivity contribution in [1.29, 1.82) is 0 Å². The van der Waals surface area contributed by atoms with Crippen molar-refractivity contribution in [1.82, 2.24) is 14.8 Å². The molecule has 4 aromatic rings. The maximum Gasteiger partial charge on any atom is 0.355 e. The summed E-state index contributed by atoms with van der Waals surface area (Å²) in [6.07, 6.45) is 4.83.